The number of hydrogen-bond donors (Lipinski definition) is 0. The van der Waals surface area contributed by atoms with Gasteiger partial charge in [-0.25, -0.2) is 0 Å². The first-order valence-electron chi connectivity index (χ1n) is 34.8. The summed E-state index contributed by atoms with van der Waals surface area (Å²) in [5, 5.41) is 5.46. The van der Waals surface area contributed by atoms with Crippen LogP contribution in [0.5, 0.6) is 0 Å². The lowest BCUT2D eigenvalue weighted by Gasteiger charge is -2.43. The van der Waals surface area contributed by atoms with Crippen LogP contribution in [0.3, 0.4) is 0 Å². The van der Waals surface area contributed by atoms with E-state index in [0.29, 0.717) is 24.3 Å². The third-order valence-electron chi connectivity index (χ3n) is 20.4. The second kappa shape index (κ2) is 38.0. The number of aryl methyl sites for hydroxylation is 2. The third-order valence-corrected chi connectivity index (χ3v) is 43.7. The average molecular weight is 1590 g/mol. The van der Waals surface area contributed by atoms with Crippen molar-refractivity contribution in [2.45, 2.75) is 249 Å². The number of benzene rings is 4. The SMILES string of the molecule is CC(/C=C/I)(CCc1ccc2ccccc2c1)O[Si](C)(C)C(C)(C)C.COC(=O)CSCCCSC1=C[C@H](O[Si](C)(C)C(C)(C)C)CC1=O.COC(=O)CSCCCS[C@H]1C(=O)C[C@@H](O[Si](C)(C)C(C)(C)C)[C@@H]1/C=C/C(C)(CCc1ccc2ccccc2c1)O[Si](C)(C)C(C)(C)C. The smallest absolute Gasteiger partial charge is 0.315 e. The Labute approximate surface area is 622 Å². The summed E-state index contributed by atoms with van der Waals surface area (Å²) in [7, 11) is -5.09. The van der Waals surface area contributed by atoms with Crippen molar-refractivity contribution in [1.82, 2.24) is 0 Å². The highest BCUT2D eigenvalue weighted by molar-refractivity contribution is 14.1. The van der Waals surface area contributed by atoms with Crippen molar-refractivity contribution in [3.63, 3.8) is 0 Å². The molecule has 0 aliphatic heterocycles. The highest BCUT2D eigenvalue weighted by Crippen LogP contribution is 2.46. The van der Waals surface area contributed by atoms with Crippen molar-refractivity contribution in [2.24, 2.45) is 5.92 Å². The third kappa shape index (κ3) is 28.0. The first kappa shape index (κ1) is 87.1. The fourth-order valence-corrected chi connectivity index (χ4v) is 21.2. The van der Waals surface area contributed by atoms with Gasteiger partial charge in [-0.1, -0.05) is 203 Å². The minimum atomic E-state index is -2.14. The number of carbonyl (C=O) groups excluding carboxylic acids is 4. The minimum absolute atomic E-state index is 0.0256. The van der Waals surface area contributed by atoms with Gasteiger partial charge in [0.15, 0.2) is 39.1 Å². The summed E-state index contributed by atoms with van der Waals surface area (Å²) in [4.78, 5) is 49.2. The summed E-state index contributed by atoms with van der Waals surface area (Å²) >= 11 is 8.83. The first-order chi connectivity index (χ1) is 44.8. The van der Waals surface area contributed by atoms with Crippen LogP contribution in [0.15, 0.2) is 118 Å². The molecule has 0 radical (unpaired) electrons. The van der Waals surface area contributed by atoms with Gasteiger partial charge in [0.1, 0.15) is 5.78 Å². The average Bonchev–Trinajstić information content (AvgIpc) is 1.75. The molecule has 542 valence electrons. The number of ether oxygens (including phenoxy) is 2. The van der Waals surface area contributed by atoms with E-state index in [1.54, 1.807) is 47.0 Å². The van der Waals surface area contributed by atoms with Gasteiger partial charge >= 0.3 is 11.9 Å². The summed E-state index contributed by atoms with van der Waals surface area (Å²) in [6.45, 7) is 50.0. The number of allylic oxidation sites excluding steroid dienone is 1. The van der Waals surface area contributed by atoms with Crippen LogP contribution in [0, 0.1) is 5.92 Å². The van der Waals surface area contributed by atoms with E-state index in [4.69, 9.17) is 22.4 Å². The summed E-state index contributed by atoms with van der Waals surface area (Å²) in [5.74, 6) is 4.34. The lowest BCUT2D eigenvalue weighted by molar-refractivity contribution is -0.138. The van der Waals surface area contributed by atoms with Crippen molar-refractivity contribution in [3.8, 4) is 0 Å². The van der Waals surface area contributed by atoms with E-state index in [1.165, 1.54) is 46.9 Å². The Morgan fingerprint density at radius 3 is 1.39 bits per heavy atom. The molecule has 0 amide bonds. The lowest BCUT2D eigenvalue weighted by Crippen LogP contribution is -2.48. The van der Waals surface area contributed by atoms with E-state index in [1.807, 2.05) is 6.08 Å². The van der Waals surface area contributed by atoms with E-state index in [0.717, 1.165) is 66.4 Å². The number of methoxy groups -OCH3 is 2. The predicted octanol–water partition coefficient (Wildman–Crippen LogP) is 22.3. The van der Waals surface area contributed by atoms with Gasteiger partial charge in [0.25, 0.3) is 0 Å². The van der Waals surface area contributed by atoms with Crippen LogP contribution in [-0.2, 0) is 59.2 Å². The molecule has 0 saturated heterocycles. The predicted molar refractivity (Wildman–Crippen MR) is 442 cm³/mol. The van der Waals surface area contributed by atoms with Crippen LogP contribution in [0.2, 0.25) is 72.5 Å². The van der Waals surface area contributed by atoms with Crippen LogP contribution < -0.4 is 0 Å². The molecule has 10 nitrogen and oxygen atoms in total. The Morgan fingerprint density at radius 2 is 0.959 bits per heavy atom. The number of esters is 2. The molecule has 97 heavy (non-hydrogen) atoms. The Balaban J connectivity index is 0.000000342. The molecule has 0 N–H and O–H groups in total. The van der Waals surface area contributed by atoms with E-state index in [9.17, 15) is 19.2 Å². The standard InChI is InChI=1S/C39H62O5S2Si2.C22H31IOSi.C17H30O4S2Si/c1-37(2,3)47(9,10)43-34-27-33(40)36(46-25-15-24-45-28-35(41)42-8)32(34)21-23-39(7,44-48(11,12)38(4,5)6)22-20-29-18-19-30-16-13-14-17-31(30)26-29;1-21(2,3)25(5,6)24-22(4,15-16-23)14-13-18-11-12-19-9-7-8-10-20(19)17-18;1-17(2,3)24(5,6)21-13-10-14(18)15(11-13)23-9-7-8-22-12-16(19)20-4/h13-14,16-19,21,23,26,32,34,36H,15,20,22,24-25,27-28H2,1-12H3;7-12,15-17H,13-14H2,1-6H3;11,13H,7-10,12H2,1-6H3/b23-21+;16-15+;/t32-,34+,36+,39?;;13-/m0.1/s1. The monoisotopic (exact) mass is 1590 g/mol. The lowest BCUT2D eigenvalue weighted by atomic mass is 9.93. The second-order valence-electron chi connectivity index (χ2n) is 32.7. The minimum Gasteiger partial charge on any atom is -0.468 e. The molecule has 0 bridgehead atoms. The maximum Gasteiger partial charge on any atom is 0.315 e. The van der Waals surface area contributed by atoms with Gasteiger partial charge in [-0.05, 0) is 197 Å². The van der Waals surface area contributed by atoms with Gasteiger partial charge in [-0.2, -0.15) is 23.5 Å². The summed E-state index contributed by atoms with van der Waals surface area (Å²) in [5.41, 5.74) is 1.98. The Kier molecular flexibility index (Phi) is 34.1. The Bertz CT molecular complexity index is 3290. The quantitative estimate of drug-likeness (QED) is 0.0156. The number of ketones is 2. The molecular formula is C78H123IO10S4Si4. The molecule has 2 aliphatic carbocycles. The van der Waals surface area contributed by atoms with Crippen LogP contribution in [0.4, 0.5) is 0 Å². The van der Waals surface area contributed by atoms with E-state index in [-0.39, 0.29) is 72.6 Å². The highest BCUT2D eigenvalue weighted by atomic mass is 127. The number of Topliss-reactive ketones (excluding diaryl/α,β-unsaturated/α-hetero) is 2. The van der Waals surface area contributed by atoms with Gasteiger partial charge in [-0.15, -0.1) is 23.5 Å². The number of thioether (sulfide) groups is 4. The van der Waals surface area contributed by atoms with E-state index in [2.05, 4.69) is 284 Å². The number of fused-ring (bicyclic) bond motifs is 2. The molecule has 1 saturated carbocycles. The second-order valence-corrected chi connectivity index (χ2v) is 57.0. The van der Waals surface area contributed by atoms with Crippen molar-refractivity contribution < 1.29 is 46.4 Å². The maximum atomic E-state index is 13.7. The number of rotatable bonds is 31. The maximum absolute atomic E-state index is 13.7. The molecule has 0 heterocycles. The zero-order valence-electron chi connectivity index (χ0n) is 63.8. The molecule has 0 aromatic heterocycles. The molecule has 6 atom stereocenters. The fourth-order valence-electron chi connectivity index (χ4n) is 10.3. The van der Waals surface area contributed by atoms with Gasteiger partial charge in [0.2, 0.25) is 0 Å². The van der Waals surface area contributed by atoms with Crippen molar-refractivity contribution in [2.75, 3.05) is 48.7 Å². The number of carbonyl (C=O) groups is 4. The van der Waals surface area contributed by atoms with Crippen molar-refractivity contribution >= 4 is 148 Å². The molecule has 4 aromatic carbocycles. The molecular weight excluding hydrogens is 1460 g/mol. The van der Waals surface area contributed by atoms with Crippen molar-refractivity contribution in [3.05, 3.63) is 129 Å². The number of halogens is 1. The number of hydrogen-bond acceptors (Lipinski definition) is 14. The normalized spacial score (nSPS) is 19.0. The zero-order chi connectivity index (χ0) is 73.1. The fraction of sp³-hybridized carbons (Fsp3) is 0.615. The Hall–Kier alpha value is -2.26. The van der Waals surface area contributed by atoms with Crippen molar-refractivity contribution in [1.29, 1.82) is 0 Å². The molecule has 2 unspecified atom stereocenters. The van der Waals surface area contributed by atoms with Gasteiger partial charge < -0.3 is 27.2 Å². The molecule has 2 aliphatic rings. The summed E-state index contributed by atoms with van der Waals surface area (Å²) in [6.07, 6.45) is 15.2. The molecule has 4 aromatic rings. The largest absolute Gasteiger partial charge is 0.468 e. The molecule has 1 fully saturated rings. The van der Waals surface area contributed by atoms with Crippen LogP contribution in [-0.4, -0.2) is 134 Å². The highest BCUT2D eigenvalue weighted by Gasteiger charge is 2.49. The topological polar surface area (TPSA) is 124 Å². The van der Waals surface area contributed by atoms with Gasteiger partial charge in [0, 0.05) is 23.7 Å². The molecule has 6 rings (SSSR count). The zero-order valence-corrected chi connectivity index (χ0v) is 73.2. The van der Waals surface area contributed by atoms with Gasteiger partial charge in [0.05, 0.1) is 54.4 Å². The van der Waals surface area contributed by atoms with Crippen LogP contribution >= 0.6 is 69.6 Å². The van der Waals surface area contributed by atoms with Crippen LogP contribution in [0.1, 0.15) is 147 Å². The van der Waals surface area contributed by atoms with E-state index >= 15 is 0 Å². The summed E-state index contributed by atoms with van der Waals surface area (Å²) < 4.78 is 38.8. The summed E-state index contributed by atoms with van der Waals surface area (Å²) in [6, 6.07) is 30.6. The Morgan fingerprint density at radius 1 is 0.536 bits per heavy atom. The first-order valence-corrected chi connectivity index (χ1v) is 52.0. The van der Waals surface area contributed by atoms with Crippen LogP contribution in [0.25, 0.3) is 21.5 Å². The van der Waals surface area contributed by atoms with Gasteiger partial charge in [-0.3, -0.25) is 19.2 Å². The molecule has 0 spiro atoms. The van der Waals surface area contributed by atoms with E-state index < -0.39 is 38.9 Å². The molecule has 19 heteroatoms.